The van der Waals surface area contributed by atoms with Crippen LogP contribution < -0.4 is 15.8 Å². The lowest BCUT2D eigenvalue weighted by Crippen LogP contribution is -2.47. The van der Waals surface area contributed by atoms with Gasteiger partial charge in [0.05, 0.1) is 16.6 Å². The number of anilines is 1. The summed E-state index contributed by atoms with van der Waals surface area (Å²) in [6, 6.07) is 7.87. The van der Waals surface area contributed by atoms with Gasteiger partial charge in [0, 0.05) is 31.2 Å². The van der Waals surface area contributed by atoms with Crippen LogP contribution in [0, 0.1) is 5.82 Å². The number of benzene rings is 1. The SMILES string of the molecule is CN(NC(=S)NC1c2cnccc2CCc2c(F)cccc21)c1ncc(C(=O)O)cc1Cl. The number of carbonyl (C=O) groups is 1. The van der Waals surface area contributed by atoms with Gasteiger partial charge in [-0.2, -0.15) is 0 Å². The van der Waals surface area contributed by atoms with Gasteiger partial charge < -0.3 is 10.4 Å². The van der Waals surface area contributed by atoms with E-state index in [-0.39, 0.29) is 21.5 Å². The van der Waals surface area contributed by atoms with E-state index in [9.17, 15) is 9.18 Å². The predicted octanol–water partition coefficient (Wildman–Crippen LogP) is 3.67. The number of aromatic nitrogens is 2. The van der Waals surface area contributed by atoms with Crippen LogP contribution in [0.2, 0.25) is 5.02 Å². The molecule has 164 valence electrons. The Morgan fingerprint density at radius 2 is 2.09 bits per heavy atom. The number of halogens is 2. The number of hydrazine groups is 1. The molecule has 0 bridgehead atoms. The minimum Gasteiger partial charge on any atom is -0.478 e. The summed E-state index contributed by atoms with van der Waals surface area (Å²) >= 11 is 11.7. The van der Waals surface area contributed by atoms with Crippen molar-refractivity contribution in [1.82, 2.24) is 20.7 Å². The van der Waals surface area contributed by atoms with Crippen molar-refractivity contribution in [3.05, 3.63) is 87.6 Å². The molecule has 3 aromatic rings. The minimum absolute atomic E-state index is 0.0194. The summed E-state index contributed by atoms with van der Waals surface area (Å²) in [5.41, 5.74) is 6.39. The normalized spacial score (nSPS) is 14.5. The molecule has 0 saturated carbocycles. The Bertz CT molecular complexity index is 1210. The number of carboxylic acid groups (broad SMARTS) is 1. The quantitative estimate of drug-likeness (QED) is 0.392. The van der Waals surface area contributed by atoms with Crippen molar-refractivity contribution in [2.45, 2.75) is 18.9 Å². The van der Waals surface area contributed by atoms with Gasteiger partial charge in [-0.3, -0.25) is 15.4 Å². The average Bonchev–Trinajstić information content (AvgIpc) is 2.91. The van der Waals surface area contributed by atoms with Gasteiger partial charge in [0.25, 0.3) is 0 Å². The number of carboxylic acids is 1. The first-order valence-corrected chi connectivity index (χ1v) is 10.5. The van der Waals surface area contributed by atoms with E-state index in [2.05, 4.69) is 20.7 Å². The standard InChI is InChI=1S/C22H19ClFN5O2S/c1-29(20-17(23)9-13(10-26-20)21(30)31)28-22(32)27-19-15-3-2-4-18(24)14(15)6-5-12-7-8-25-11-16(12)19/h2-4,7-11,19H,5-6H2,1H3,(H,30,31)(H2,27,28,32). The molecule has 1 atom stereocenters. The van der Waals surface area contributed by atoms with E-state index in [0.29, 0.717) is 24.2 Å². The Morgan fingerprint density at radius 3 is 2.84 bits per heavy atom. The second kappa shape index (κ2) is 9.05. The Hall–Kier alpha value is -3.30. The van der Waals surface area contributed by atoms with Gasteiger partial charge >= 0.3 is 5.97 Å². The van der Waals surface area contributed by atoms with Crippen LogP contribution in [0.15, 0.2) is 48.9 Å². The lowest BCUT2D eigenvalue weighted by atomic mass is 9.96. The predicted molar refractivity (Wildman–Crippen MR) is 123 cm³/mol. The van der Waals surface area contributed by atoms with Crippen LogP contribution >= 0.6 is 23.8 Å². The lowest BCUT2D eigenvalue weighted by molar-refractivity contribution is 0.0696. The summed E-state index contributed by atoms with van der Waals surface area (Å²) in [4.78, 5) is 19.4. The number of aromatic carboxylic acids is 1. The topological polar surface area (TPSA) is 90.4 Å². The van der Waals surface area contributed by atoms with E-state index in [4.69, 9.17) is 28.9 Å². The number of hydrogen-bond acceptors (Lipinski definition) is 5. The fourth-order valence-electron chi connectivity index (χ4n) is 3.78. The van der Waals surface area contributed by atoms with Crippen LogP contribution in [-0.4, -0.2) is 33.2 Å². The molecular formula is C22H19ClFN5O2S. The number of nitrogens with zero attached hydrogens (tertiary/aromatic N) is 3. The number of rotatable bonds is 4. The molecule has 1 unspecified atom stereocenters. The molecule has 0 spiro atoms. The largest absolute Gasteiger partial charge is 0.478 e. The van der Waals surface area contributed by atoms with Crippen LogP contribution in [0.5, 0.6) is 0 Å². The van der Waals surface area contributed by atoms with Gasteiger partial charge in [-0.1, -0.05) is 23.7 Å². The Morgan fingerprint density at radius 1 is 1.28 bits per heavy atom. The second-order valence-corrected chi connectivity index (χ2v) is 8.11. The zero-order valence-electron chi connectivity index (χ0n) is 17.0. The molecule has 2 aromatic heterocycles. The van der Waals surface area contributed by atoms with Gasteiger partial charge in [-0.25, -0.2) is 14.2 Å². The second-order valence-electron chi connectivity index (χ2n) is 7.29. The zero-order valence-corrected chi connectivity index (χ0v) is 18.5. The van der Waals surface area contributed by atoms with E-state index in [0.717, 1.165) is 16.7 Å². The first-order valence-electron chi connectivity index (χ1n) is 9.75. The van der Waals surface area contributed by atoms with Crippen LogP contribution in [0.4, 0.5) is 10.2 Å². The van der Waals surface area contributed by atoms with Crippen LogP contribution in [-0.2, 0) is 12.8 Å². The molecule has 1 aliphatic rings. The summed E-state index contributed by atoms with van der Waals surface area (Å²) in [5.74, 6) is -1.07. The van der Waals surface area contributed by atoms with Gasteiger partial charge in [0.15, 0.2) is 10.9 Å². The monoisotopic (exact) mass is 471 g/mol. The highest BCUT2D eigenvalue weighted by Crippen LogP contribution is 2.33. The van der Waals surface area contributed by atoms with Gasteiger partial charge in [0.2, 0.25) is 0 Å². The number of thiocarbonyl (C=S) groups is 1. The first-order chi connectivity index (χ1) is 15.3. The van der Waals surface area contributed by atoms with Crippen molar-refractivity contribution in [3.8, 4) is 0 Å². The summed E-state index contributed by atoms with van der Waals surface area (Å²) in [6.45, 7) is 0. The average molecular weight is 472 g/mol. The van der Waals surface area contributed by atoms with E-state index in [1.807, 2.05) is 12.1 Å². The van der Waals surface area contributed by atoms with Crippen molar-refractivity contribution in [3.63, 3.8) is 0 Å². The zero-order chi connectivity index (χ0) is 22.8. The molecule has 7 nitrogen and oxygen atoms in total. The van der Waals surface area contributed by atoms with E-state index in [1.165, 1.54) is 23.3 Å². The van der Waals surface area contributed by atoms with Gasteiger partial charge in [0.1, 0.15) is 5.82 Å². The summed E-state index contributed by atoms with van der Waals surface area (Å²) in [7, 11) is 1.65. The number of nitrogens with one attached hydrogen (secondary N) is 2. The highest BCUT2D eigenvalue weighted by Gasteiger charge is 2.26. The van der Waals surface area contributed by atoms with E-state index in [1.54, 1.807) is 25.5 Å². The molecule has 10 heteroatoms. The van der Waals surface area contributed by atoms with Crippen LogP contribution in [0.1, 0.15) is 38.7 Å². The highest BCUT2D eigenvalue weighted by atomic mass is 35.5. The van der Waals surface area contributed by atoms with E-state index >= 15 is 0 Å². The molecule has 0 radical (unpaired) electrons. The van der Waals surface area contributed by atoms with Crippen molar-refractivity contribution < 1.29 is 14.3 Å². The number of aryl methyl sites for hydroxylation is 1. The van der Waals surface area contributed by atoms with Crippen LogP contribution in [0.25, 0.3) is 0 Å². The fourth-order valence-corrected chi connectivity index (χ4v) is 4.33. The third-order valence-electron chi connectivity index (χ3n) is 5.30. The first kappa shape index (κ1) is 21.9. The summed E-state index contributed by atoms with van der Waals surface area (Å²) in [6.07, 6.45) is 5.97. The van der Waals surface area contributed by atoms with Crippen molar-refractivity contribution in [1.29, 1.82) is 0 Å². The molecule has 2 heterocycles. The highest BCUT2D eigenvalue weighted by molar-refractivity contribution is 7.80. The molecule has 1 aliphatic carbocycles. The summed E-state index contributed by atoms with van der Waals surface area (Å²) in [5, 5.41) is 14.2. The minimum atomic E-state index is -1.12. The smallest absolute Gasteiger partial charge is 0.337 e. The molecule has 32 heavy (non-hydrogen) atoms. The van der Waals surface area contributed by atoms with Gasteiger partial charge in [-0.15, -0.1) is 0 Å². The molecule has 0 amide bonds. The van der Waals surface area contributed by atoms with E-state index < -0.39 is 12.0 Å². The maximum Gasteiger partial charge on any atom is 0.337 e. The van der Waals surface area contributed by atoms with Crippen molar-refractivity contribution in [2.24, 2.45) is 0 Å². The fraction of sp³-hybridized carbons (Fsp3) is 0.182. The molecule has 0 saturated heterocycles. The third kappa shape index (κ3) is 4.35. The molecular weight excluding hydrogens is 453 g/mol. The maximum absolute atomic E-state index is 14.6. The maximum atomic E-state index is 14.6. The van der Waals surface area contributed by atoms with Crippen molar-refractivity contribution >= 4 is 40.7 Å². The molecule has 1 aromatic carbocycles. The number of hydrogen-bond donors (Lipinski definition) is 3. The van der Waals surface area contributed by atoms with Crippen LogP contribution in [0.3, 0.4) is 0 Å². The Balaban J connectivity index is 1.59. The molecule has 4 rings (SSSR count). The number of pyridine rings is 2. The number of fused-ring (bicyclic) bond motifs is 2. The summed E-state index contributed by atoms with van der Waals surface area (Å²) < 4.78 is 14.6. The molecule has 0 aliphatic heterocycles. The Labute approximate surface area is 194 Å². The van der Waals surface area contributed by atoms with Gasteiger partial charge in [-0.05, 0) is 59.9 Å². The Kier molecular flexibility index (Phi) is 6.20. The third-order valence-corrected chi connectivity index (χ3v) is 5.79. The van der Waals surface area contributed by atoms with Crippen molar-refractivity contribution in [2.75, 3.05) is 12.1 Å². The molecule has 0 fully saturated rings. The lowest BCUT2D eigenvalue weighted by Gasteiger charge is -2.27. The molecule has 3 N–H and O–H groups in total.